The number of hydrogen-bond donors (Lipinski definition) is 0. The molecule has 10 heteroatoms. The standard InChI is InChI=1S/C19H27O9P/c1-6-24-19(22)18(29(23,25-7-2)26-8-3)12-15-9-10-16(27-13(4)20)17(11-15)28-14(5)21/h9-11,18H,6-8,12H2,1-5H3. The summed E-state index contributed by atoms with van der Waals surface area (Å²) in [7, 11) is -3.83. The van der Waals surface area contributed by atoms with Crippen LogP contribution in [-0.2, 0) is 39.2 Å². The van der Waals surface area contributed by atoms with Gasteiger partial charge in [-0.1, -0.05) is 6.07 Å². The smallest absolute Gasteiger partial charge is 0.345 e. The Morgan fingerprint density at radius 3 is 1.93 bits per heavy atom. The summed E-state index contributed by atoms with van der Waals surface area (Å²) in [6, 6.07) is 4.40. The number of rotatable bonds is 11. The minimum absolute atomic E-state index is 0.00420. The van der Waals surface area contributed by atoms with E-state index in [9.17, 15) is 18.9 Å². The molecule has 0 radical (unpaired) electrons. The van der Waals surface area contributed by atoms with E-state index in [4.69, 9.17) is 23.3 Å². The van der Waals surface area contributed by atoms with Crippen molar-refractivity contribution in [2.24, 2.45) is 0 Å². The molecule has 29 heavy (non-hydrogen) atoms. The van der Waals surface area contributed by atoms with Gasteiger partial charge in [-0.2, -0.15) is 0 Å². The molecule has 1 aromatic rings. The van der Waals surface area contributed by atoms with E-state index in [-0.39, 0.29) is 37.7 Å². The van der Waals surface area contributed by atoms with Crippen LogP contribution in [0.15, 0.2) is 18.2 Å². The van der Waals surface area contributed by atoms with E-state index in [1.807, 2.05) is 0 Å². The number of carbonyl (C=O) groups is 3. The van der Waals surface area contributed by atoms with E-state index >= 15 is 0 Å². The molecule has 0 bridgehead atoms. The number of ether oxygens (including phenoxy) is 3. The van der Waals surface area contributed by atoms with Crippen molar-refractivity contribution >= 4 is 25.5 Å². The van der Waals surface area contributed by atoms with Gasteiger partial charge in [0.15, 0.2) is 17.2 Å². The van der Waals surface area contributed by atoms with Crippen LogP contribution in [0, 0.1) is 0 Å². The Morgan fingerprint density at radius 2 is 1.45 bits per heavy atom. The predicted molar refractivity (Wildman–Crippen MR) is 104 cm³/mol. The maximum absolute atomic E-state index is 13.2. The third kappa shape index (κ3) is 7.61. The van der Waals surface area contributed by atoms with E-state index in [1.165, 1.54) is 26.0 Å². The van der Waals surface area contributed by atoms with Crippen molar-refractivity contribution in [1.82, 2.24) is 0 Å². The minimum atomic E-state index is -3.83. The molecular weight excluding hydrogens is 403 g/mol. The Bertz CT molecular complexity index is 765. The molecule has 0 aliphatic carbocycles. The van der Waals surface area contributed by atoms with Gasteiger partial charge in [0, 0.05) is 13.8 Å². The van der Waals surface area contributed by atoms with Crippen LogP contribution >= 0.6 is 7.60 Å². The third-order valence-corrected chi connectivity index (χ3v) is 5.90. The molecule has 0 aromatic heterocycles. The van der Waals surface area contributed by atoms with Gasteiger partial charge in [-0.15, -0.1) is 0 Å². The highest BCUT2D eigenvalue weighted by Gasteiger charge is 2.42. The quantitative estimate of drug-likeness (QED) is 0.296. The Labute approximate surface area is 170 Å². The van der Waals surface area contributed by atoms with Gasteiger partial charge in [-0.05, 0) is 44.9 Å². The molecule has 1 atom stereocenters. The van der Waals surface area contributed by atoms with Crippen molar-refractivity contribution in [2.75, 3.05) is 19.8 Å². The van der Waals surface area contributed by atoms with Crippen LogP contribution in [0.2, 0.25) is 0 Å². The second-order valence-corrected chi connectivity index (χ2v) is 8.04. The summed E-state index contributed by atoms with van der Waals surface area (Å²) in [5.74, 6) is -1.90. The van der Waals surface area contributed by atoms with Crippen LogP contribution < -0.4 is 9.47 Å². The van der Waals surface area contributed by atoms with E-state index < -0.39 is 31.2 Å². The molecule has 1 aromatic carbocycles. The molecule has 162 valence electrons. The van der Waals surface area contributed by atoms with Gasteiger partial charge in [0.1, 0.15) is 0 Å². The lowest BCUT2D eigenvalue weighted by Crippen LogP contribution is -2.28. The van der Waals surface area contributed by atoms with Gasteiger partial charge in [0.25, 0.3) is 0 Å². The van der Waals surface area contributed by atoms with Gasteiger partial charge in [-0.25, -0.2) is 0 Å². The Morgan fingerprint density at radius 1 is 0.897 bits per heavy atom. The van der Waals surface area contributed by atoms with Gasteiger partial charge in [0.05, 0.1) is 19.8 Å². The topological polar surface area (TPSA) is 114 Å². The monoisotopic (exact) mass is 430 g/mol. The predicted octanol–water partition coefficient (Wildman–Crippen LogP) is 3.28. The fourth-order valence-corrected chi connectivity index (χ4v) is 4.44. The van der Waals surface area contributed by atoms with E-state index in [2.05, 4.69) is 0 Å². The number of carbonyl (C=O) groups excluding carboxylic acids is 3. The fourth-order valence-electron chi connectivity index (χ4n) is 2.52. The molecule has 0 aliphatic rings. The molecule has 0 fully saturated rings. The summed E-state index contributed by atoms with van der Waals surface area (Å²) >= 11 is 0. The van der Waals surface area contributed by atoms with Gasteiger partial charge >= 0.3 is 25.5 Å². The molecule has 0 heterocycles. The molecule has 0 aliphatic heterocycles. The molecule has 1 unspecified atom stereocenters. The van der Waals surface area contributed by atoms with E-state index in [1.54, 1.807) is 26.8 Å². The fraction of sp³-hybridized carbons (Fsp3) is 0.526. The number of benzene rings is 1. The molecule has 0 saturated carbocycles. The highest BCUT2D eigenvalue weighted by atomic mass is 31.2. The average molecular weight is 430 g/mol. The van der Waals surface area contributed by atoms with Crippen molar-refractivity contribution in [3.63, 3.8) is 0 Å². The maximum Gasteiger partial charge on any atom is 0.345 e. The zero-order chi connectivity index (χ0) is 22.0. The SMILES string of the molecule is CCOC(=O)C(Cc1ccc(OC(C)=O)c(OC(C)=O)c1)P(=O)(OCC)OCC. The van der Waals surface area contributed by atoms with Gasteiger partial charge < -0.3 is 23.3 Å². The Hall–Kier alpha value is -2.22. The summed E-state index contributed by atoms with van der Waals surface area (Å²) < 4.78 is 39.0. The summed E-state index contributed by atoms with van der Waals surface area (Å²) in [5.41, 5.74) is -0.734. The van der Waals surface area contributed by atoms with Crippen LogP contribution in [0.3, 0.4) is 0 Å². The van der Waals surface area contributed by atoms with Crippen molar-refractivity contribution in [3.8, 4) is 11.5 Å². The zero-order valence-corrected chi connectivity index (χ0v) is 18.2. The first-order valence-corrected chi connectivity index (χ1v) is 10.8. The van der Waals surface area contributed by atoms with E-state index in [0.717, 1.165) is 0 Å². The van der Waals surface area contributed by atoms with Crippen molar-refractivity contribution in [2.45, 2.75) is 46.7 Å². The van der Waals surface area contributed by atoms with Crippen LogP contribution in [0.4, 0.5) is 0 Å². The van der Waals surface area contributed by atoms with Crippen molar-refractivity contribution in [1.29, 1.82) is 0 Å². The molecule has 0 spiro atoms. The van der Waals surface area contributed by atoms with Gasteiger partial charge in [-0.3, -0.25) is 18.9 Å². The summed E-state index contributed by atoms with van der Waals surface area (Å²) in [6.45, 7) is 7.58. The molecular formula is C19H27O9P. The normalized spacial score (nSPS) is 12.2. The summed E-state index contributed by atoms with van der Waals surface area (Å²) in [4.78, 5) is 35.2. The first kappa shape index (κ1) is 24.8. The first-order chi connectivity index (χ1) is 13.7. The molecule has 0 amide bonds. The van der Waals surface area contributed by atoms with Crippen LogP contribution in [0.25, 0.3) is 0 Å². The summed E-state index contributed by atoms with van der Waals surface area (Å²) in [6.07, 6.45) is -0.0648. The number of esters is 3. The second-order valence-electron chi connectivity index (χ2n) is 5.82. The maximum atomic E-state index is 13.2. The second kappa shape index (κ2) is 11.7. The Balaban J connectivity index is 3.32. The molecule has 1 rings (SSSR count). The first-order valence-electron chi connectivity index (χ1n) is 9.21. The lowest BCUT2D eigenvalue weighted by Gasteiger charge is -2.25. The number of hydrogen-bond acceptors (Lipinski definition) is 9. The Kier molecular flexibility index (Phi) is 10.0. The van der Waals surface area contributed by atoms with Crippen LogP contribution in [0.1, 0.15) is 40.2 Å². The van der Waals surface area contributed by atoms with E-state index in [0.29, 0.717) is 5.56 Å². The largest absolute Gasteiger partial charge is 0.465 e. The third-order valence-electron chi connectivity index (χ3n) is 3.50. The highest BCUT2D eigenvalue weighted by molar-refractivity contribution is 7.55. The van der Waals surface area contributed by atoms with Gasteiger partial charge in [0.2, 0.25) is 0 Å². The molecule has 9 nitrogen and oxygen atoms in total. The highest BCUT2D eigenvalue weighted by Crippen LogP contribution is 2.54. The molecule has 0 saturated heterocycles. The minimum Gasteiger partial charge on any atom is -0.465 e. The zero-order valence-electron chi connectivity index (χ0n) is 17.3. The lowest BCUT2D eigenvalue weighted by atomic mass is 10.1. The van der Waals surface area contributed by atoms with Crippen LogP contribution in [-0.4, -0.2) is 43.4 Å². The van der Waals surface area contributed by atoms with Crippen molar-refractivity contribution in [3.05, 3.63) is 23.8 Å². The summed E-state index contributed by atoms with van der Waals surface area (Å²) in [5, 5.41) is 0. The average Bonchev–Trinajstić information content (AvgIpc) is 2.61. The molecule has 0 N–H and O–H groups in total. The van der Waals surface area contributed by atoms with Crippen LogP contribution in [0.5, 0.6) is 11.5 Å². The van der Waals surface area contributed by atoms with Crippen molar-refractivity contribution < 1.29 is 42.2 Å². The lowest BCUT2D eigenvalue weighted by molar-refractivity contribution is -0.143.